The minimum atomic E-state index is -0.0646. The van der Waals surface area contributed by atoms with E-state index < -0.39 is 0 Å². The number of nitrogens with zero attached hydrogens (tertiary/aromatic N) is 4. The predicted octanol–water partition coefficient (Wildman–Crippen LogP) is 3.98. The number of hydrogen-bond acceptors (Lipinski definition) is 4. The molecule has 2 heterocycles. The zero-order valence-corrected chi connectivity index (χ0v) is 21.2. The average Bonchev–Trinajstić information content (AvgIpc) is 3.26. The van der Waals surface area contributed by atoms with Gasteiger partial charge in [-0.05, 0) is 62.7 Å². The minimum absolute atomic E-state index is 0.0646. The van der Waals surface area contributed by atoms with Gasteiger partial charge in [-0.3, -0.25) is 9.48 Å². The second-order valence-corrected chi connectivity index (χ2v) is 9.54. The molecule has 1 aromatic heterocycles. The van der Waals surface area contributed by atoms with Gasteiger partial charge in [0, 0.05) is 56.1 Å². The molecule has 35 heavy (non-hydrogen) atoms. The number of rotatable bonds is 9. The van der Waals surface area contributed by atoms with Crippen molar-refractivity contribution < 1.29 is 4.79 Å². The molecule has 1 amide bonds. The molecule has 1 aliphatic heterocycles. The molecule has 1 aliphatic rings. The van der Waals surface area contributed by atoms with Gasteiger partial charge in [-0.15, -0.1) is 0 Å². The van der Waals surface area contributed by atoms with Crippen molar-refractivity contribution in [3.63, 3.8) is 0 Å². The normalized spacial score (nSPS) is 15.1. The van der Waals surface area contributed by atoms with E-state index in [0.717, 1.165) is 56.0 Å². The summed E-state index contributed by atoms with van der Waals surface area (Å²) in [5, 5.41) is 7.92. The minimum Gasteiger partial charge on any atom is -0.353 e. The van der Waals surface area contributed by atoms with Crippen molar-refractivity contribution in [3.8, 4) is 11.3 Å². The third-order valence-electron chi connectivity index (χ3n) is 6.72. The van der Waals surface area contributed by atoms with Crippen molar-refractivity contribution in [3.05, 3.63) is 83.1 Å². The molecule has 0 bridgehead atoms. The molecule has 3 aromatic rings. The SMILES string of the molecule is Cc1ccc(-c2nn(Cc3ccccc3)cc2C=CC(=O)NCCCN2CCN(C)CC2)cc1C. The van der Waals surface area contributed by atoms with E-state index in [4.69, 9.17) is 5.10 Å². The number of aryl methyl sites for hydroxylation is 2. The maximum atomic E-state index is 12.5. The molecule has 0 radical (unpaired) electrons. The molecule has 184 valence electrons. The van der Waals surface area contributed by atoms with Gasteiger partial charge >= 0.3 is 0 Å². The standard InChI is InChI=1S/C29H37N5O/c1-23-10-11-26(20-24(23)2)29-27(22-34(31-29)21-25-8-5-4-6-9-25)12-13-28(35)30-14-7-15-33-18-16-32(3)17-19-33/h4-6,8-13,20,22H,7,14-19,21H2,1-3H3,(H,30,35). The quantitative estimate of drug-likeness (QED) is 0.379. The highest BCUT2D eigenvalue weighted by atomic mass is 16.1. The van der Waals surface area contributed by atoms with Crippen molar-refractivity contribution in [2.45, 2.75) is 26.8 Å². The highest BCUT2D eigenvalue weighted by Gasteiger charge is 2.13. The summed E-state index contributed by atoms with van der Waals surface area (Å²) in [5.41, 5.74) is 6.57. The van der Waals surface area contributed by atoms with Gasteiger partial charge in [0.25, 0.3) is 0 Å². The van der Waals surface area contributed by atoms with Crippen LogP contribution in [0.2, 0.25) is 0 Å². The van der Waals surface area contributed by atoms with E-state index in [1.807, 2.05) is 35.2 Å². The Labute approximate surface area is 209 Å². The third-order valence-corrected chi connectivity index (χ3v) is 6.72. The molecule has 1 fully saturated rings. The smallest absolute Gasteiger partial charge is 0.244 e. The van der Waals surface area contributed by atoms with Crippen LogP contribution >= 0.6 is 0 Å². The van der Waals surface area contributed by atoms with Crippen LogP contribution in [0.15, 0.2) is 60.8 Å². The van der Waals surface area contributed by atoms with Crippen LogP contribution in [0.1, 0.15) is 28.7 Å². The maximum Gasteiger partial charge on any atom is 0.244 e. The summed E-state index contributed by atoms with van der Waals surface area (Å²) in [6.45, 7) is 11.1. The van der Waals surface area contributed by atoms with Crippen LogP contribution in [0.4, 0.5) is 0 Å². The van der Waals surface area contributed by atoms with E-state index in [2.05, 4.69) is 66.3 Å². The first kappa shape index (κ1) is 24.9. The number of amides is 1. The monoisotopic (exact) mass is 471 g/mol. The zero-order valence-electron chi connectivity index (χ0n) is 21.2. The van der Waals surface area contributed by atoms with E-state index in [0.29, 0.717) is 13.1 Å². The van der Waals surface area contributed by atoms with Crippen LogP contribution in [0.3, 0.4) is 0 Å². The number of piperazine rings is 1. The number of likely N-dealkylation sites (N-methyl/N-ethyl adjacent to an activating group) is 1. The van der Waals surface area contributed by atoms with E-state index in [-0.39, 0.29) is 5.91 Å². The number of aromatic nitrogens is 2. The Balaban J connectivity index is 1.40. The van der Waals surface area contributed by atoms with Gasteiger partial charge in [-0.1, -0.05) is 42.5 Å². The lowest BCUT2D eigenvalue weighted by molar-refractivity contribution is -0.116. The lowest BCUT2D eigenvalue weighted by atomic mass is 10.0. The fraction of sp³-hybridized carbons (Fsp3) is 0.379. The highest BCUT2D eigenvalue weighted by Crippen LogP contribution is 2.26. The highest BCUT2D eigenvalue weighted by molar-refractivity contribution is 5.92. The van der Waals surface area contributed by atoms with Gasteiger partial charge in [0.2, 0.25) is 5.91 Å². The molecular formula is C29H37N5O. The van der Waals surface area contributed by atoms with Gasteiger partial charge in [-0.25, -0.2) is 0 Å². The molecule has 4 rings (SSSR count). The molecule has 1 saturated heterocycles. The van der Waals surface area contributed by atoms with E-state index in [1.165, 1.54) is 16.7 Å². The van der Waals surface area contributed by atoms with E-state index in [1.54, 1.807) is 6.08 Å². The summed E-state index contributed by atoms with van der Waals surface area (Å²) in [6.07, 6.45) is 6.50. The average molecular weight is 472 g/mol. The van der Waals surface area contributed by atoms with Gasteiger partial charge in [0.15, 0.2) is 0 Å². The first-order chi connectivity index (χ1) is 17.0. The molecule has 0 spiro atoms. The summed E-state index contributed by atoms with van der Waals surface area (Å²) in [4.78, 5) is 17.3. The summed E-state index contributed by atoms with van der Waals surface area (Å²) in [7, 11) is 2.17. The van der Waals surface area contributed by atoms with Crippen LogP contribution in [0.25, 0.3) is 17.3 Å². The van der Waals surface area contributed by atoms with E-state index >= 15 is 0 Å². The lowest BCUT2D eigenvalue weighted by Gasteiger charge is -2.32. The number of hydrogen-bond donors (Lipinski definition) is 1. The van der Waals surface area contributed by atoms with Crippen molar-refractivity contribution in [2.24, 2.45) is 0 Å². The van der Waals surface area contributed by atoms with E-state index in [9.17, 15) is 4.79 Å². The predicted molar refractivity (Wildman–Crippen MR) is 143 cm³/mol. The Morgan fingerprint density at radius 3 is 2.54 bits per heavy atom. The molecular weight excluding hydrogens is 434 g/mol. The number of nitrogens with one attached hydrogen (secondary N) is 1. The van der Waals surface area contributed by atoms with Gasteiger partial charge in [-0.2, -0.15) is 5.10 Å². The molecule has 6 nitrogen and oxygen atoms in total. The van der Waals surface area contributed by atoms with Crippen LogP contribution in [-0.4, -0.2) is 71.8 Å². The third kappa shape index (κ3) is 7.13. The van der Waals surface area contributed by atoms with Crippen molar-refractivity contribution >= 4 is 12.0 Å². The topological polar surface area (TPSA) is 53.4 Å². The second-order valence-electron chi connectivity index (χ2n) is 9.54. The fourth-order valence-corrected chi connectivity index (χ4v) is 4.33. The Morgan fingerprint density at radius 2 is 1.80 bits per heavy atom. The van der Waals surface area contributed by atoms with Gasteiger partial charge in [0.1, 0.15) is 0 Å². The van der Waals surface area contributed by atoms with Gasteiger partial charge < -0.3 is 15.1 Å². The van der Waals surface area contributed by atoms with Crippen molar-refractivity contribution in [1.82, 2.24) is 24.9 Å². The first-order valence-corrected chi connectivity index (χ1v) is 12.5. The molecule has 0 atom stereocenters. The number of benzene rings is 2. The van der Waals surface area contributed by atoms with Crippen LogP contribution in [0.5, 0.6) is 0 Å². The van der Waals surface area contributed by atoms with Crippen molar-refractivity contribution in [2.75, 3.05) is 46.3 Å². The van der Waals surface area contributed by atoms with Crippen LogP contribution < -0.4 is 5.32 Å². The molecule has 0 unspecified atom stereocenters. The summed E-state index contributed by atoms with van der Waals surface area (Å²) < 4.78 is 1.95. The number of carbonyl (C=O) groups excluding carboxylic acids is 1. The largest absolute Gasteiger partial charge is 0.353 e. The Morgan fingerprint density at radius 1 is 1.03 bits per heavy atom. The molecule has 0 aliphatic carbocycles. The Hall–Kier alpha value is -3.22. The summed E-state index contributed by atoms with van der Waals surface area (Å²) in [6, 6.07) is 16.7. The maximum absolute atomic E-state index is 12.5. The van der Waals surface area contributed by atoms with Gasteiger partial charge in [0.05, 0.1) is 12.2 Å². The molecule has 2 aromatic carbocycles. The number of carbonyl (C=O) groups is 1. The molecule has 6 heteroatoms. The Bertz CT molecular complexity index is 1140. The molecule has 0 saturated carbocycles. The van der Waals surface area contributed by atoms with Crippen molar-refractivity contribution in [1.29, 1.82) is 0 Å². The second kappa shape index (κ2) is 12.0. The van der Waals surface area contributed by atoms with Crippen LogP contribution in [0, 0.1) is 13.8 Å². The summed E-state index contributed by atoms with van der Waals surface area (Å²) in [5.74, 6) is -0.0646. The molecule has 1 N–H and O–H groups in total. The zero-order chi connectivity index (χ0) is 24.6. The van der Waals surface area contributed by atoms with Crippen LogP contribution in [-0.2, 0) is 11.3 Å². The Kier molecular flexibility index (Phi) is 8.50. The lowest BCUT2D eigenvalue weighted by Crippen LogP contribution is -2.45. The summed E-state index contributed by atoms with van der Waals surface area (Å²) >= 11 is 0. The first-order valence-electron chi connectivity index (χ1n) is 12.5. The fourth-order valence-electron chi connectivity index (χ4n) is 4.33.